The number of benzene rings is 2. The topological polar surface area (TPSA) is 77.5 Å². The summed E-state index contributed by atoms with van der Waals surface area (Å²) in [5, 5.41) is 10.6. The van der Waals surface area contributed by atoms with Crippen LogP contribution in [0, 0.1) is 6.92 Å². The van der Waals surface area contributed by atoms with Crippen LogP contribution in [0.3, 0.4) is 0 Å². The van der Waals surface area contributed by atoms with Crippen LogP contribution in [0.5, 0.6) is 28.7 Å². The minimum absolute atomic E-state index is 0.157. The zero-order valence-corrected chi connectivity index (χ0v) is 18.3. The zero-order chi connectivity index (χ0) is 22.1. The molecule has 0 aliphatic carbocycles. The van der Waals surface area contributed by atoms with Gasteiger partial charge < -0.3 is 24.1 Å². The van der Waals surface area contributed by atoms with E-state index >= 15 is 0 Å². The van der Waals surface area contributed by atoms with E-state index in [0.29, 0.717) is 51.8 Å². The van der Waals surface area contributed by atoms with Crippen LogP contribution in [-0.2, 0) is 6.54 Å². The van der Waals surface area contributed by atoms with Gasteiger partial charge in [0, 0.05) is 6.54 Å². The molecule has 0 bridgehead atoms. The second-order valence-corrected chi connectivity index (χ2v) is 7.78. The molecule has 2 heterocycles. The smallest absolute Gasteiger partial charge is 0.232 e. The van der Waals surface area contributed by atoms with Gasteiger partial charge in [-0.1, -0.05) is 0 Å². The summed E-state index contributed by atoms with van der Waals surface area (Å²) >= 11 is 0. The molecule has 0 atom stereocenters. The second-order valence-electron chi connectivity index (χ2n) is 7.78. The maximum absolute atomic E-state index is 13.2. The lowest BCUT2D eigenvalue weighted by Gasteiger charge is -2.18. The van der Waals surface area contributed by atoms with Gasteiger partial charge in [0.15, 0.2) is 17.3 Å². The number of aromatic hydroxyl groups is 1. The monoisotopic (exact) mass is 425 g/mol. The van der Waals surface area contributed by atoms with E-state index in [1.807, 2.05) is 6.92 Å². The average Bonchev–Trinajstić information content (AvgIpc) is 3.38. The summed E-state index contributed by atoms with van der Waals surface area (Å²) in [5.41, 5.74) is 2.53. The van der Waals surface area contributed by atoms with Crippen LogP contribution in [0.15, 0.2) is 24.0 Å². The first-order valence-corrected chi connectivity index (χ1v) is 10.3. The van der Waals surface area contributed by atoms with Crippen LogP contribution >= 0.6 is 0 Å². The van der Waals surface area contributed by atoms with Crippen molar-refractivity contribution in [1.82, 2.24) is 4.90 Å². The van der Waals surface area contributed by atoms with Crippen molar-refractivity contribution in [3.05, 3.63) is 46.2 Å². The minimum atomic E-state index is -0.205. The van der Waals surface area contributed by atoms with Gasteiger partial charge in [0.05, 0.1) is 32.5 Å². The molecular formula is C24H27NO6. The molecule has 0 unspecified atom stereocenters. The third-order valence-electron chi connectivity index (χ3n) is 5.79. The number of hydrogen-bond acceptors (Lipinski definition) is 7. The van der Waals surface area contributed by atoms with Crippen molar-refractivity contribution >= 4 is 11.9 Å². The molecule has 0 radical (unpaired) electrons. The van der Waals surface area contributed by atoms with Crippen molar-refractivity contribution < 1.29 is 28.8 Å². The maximum Gasteiger partial charge on any atom is 0.232 e. The molecule has 1 N–H and O–H groups in total. The van der Waals surface area contributed by atoms with E-state index in [-0.39, 0.29) is 17.3 Å². The molecule has 0 aromatic heterocycles. The summed E-state index contributed by atoms with van der Waals surface area (Å²) < 4.78 is 22.2. The van der Waals surface area contributed by atoms with Crippen molar-refractivity contribution in [2.24, 2.45) is 0 Å². The maximum atomic E-state index is 13.2. The first-order valence-electron chi connectivity index (χ1n) is 10.3. The lowest BCUT2D eigenvalue weighted by molar-refractivity contribution is 0.101. The van der Waals surface area contributed by atoms with Crippen molar-refractivity contribution in [2.75, 3.05) is 34.4 Å². The van der Waals surface area contributed by atoms with Gasteiger partial charge in [0.25, 0.3) is 0 Å². The highest BCUT2D eigenvalue weighted by Gasteiger charge is 2.34. The molecule has 1 fully saturated rings. The first kappa shape index (κ1) is 21.1. The molecule has 7 nitrogen and oxygen atoms in total. The van der Waals surface area contributed by atoms with Crippen molar-refractivity contribution in [3.8, 4) is 28.7 Å². The van der Waals surface area contributed by atoms with Crippen LogP contribution in [0.25, 0.3) is 6.08 Å². The quantitative estimate of drug-likeness (QED) is 0.703. The summed E-state index contributed by atoms with van der Waals surface area (Å²) in [6.45, 7) is 4.31. The lowest BCUT2D eigenvalue weighted by Crippen LogP contribution is -2.19. The molecule has 0 amide bonds. The molecule has 2 aromatic rings. The van der Waals surface area contributed by atoms with E-state index in [4.69, 9.17) is 18.9 Å². The molecule has 0 saturated carbocycles. The third kappa shape index (κ3) is 3.81. The summed E-state index contributed by atoms with van der Waals surface area (Å²) in [6.07, 6.45) is 3.94. The van der Waals surface area contributed by atoms with Crippen molar-refractivity contribution in [2.45, 2.75) is 26.3 Å². The van der Waals surface area contributed by atoms with E-state index in [9.17, 15) is 9.90 Å². The average molecular weight is 425 g/mol. The standard InChI is InChI=1S/C24H27NO6/c1-14-9-17(26)16(13-25-7-5-6-8-25)23-21(14)22(27)18(31-23)10-15-11-19(28-2)24(30-4)20(12-15)29-3/h9-12,26H,5-8,13H2,1-4H3/b18-10-. The van der Waals surface area contributed by atoms with E-state index in [2.05, 4.69) is 4.90 Å². The molecule has 164 valence electrons. The number of carbonyl (C=O) groups excluding carboxylic acids is 1. The molecule has 2 aromatic carbocycles. The van der Waals surface area contributed by atoms with Gasteiger partial charge in [-0.05, 0) is 68.3 Å². The van der Waals surface area contributed by atoms with E-state index in [1.165, 1.54) is 21.3 Å². The van der Waals surface area contributed by atoms with Gasteiger partial charge in [0.1, 0.15) is 11.5 Å². The molecule has 7 heteroatoms. The number of hydrogen-bond donors (Lipinski definition) is 1. The normalized spacial score (nSPS) is 17.0. The van der Waals surface area contributed by atoms with Crippen molar-refractivity contribution in [3.63, 3.8) is 0 Å². The van der Waals surface area contributed by atoms with Crippen LogP contribution in [0.4, 0.5) is 0 Å². The number of phenolic OH excluding ortho intramolecular Hbond substituents is 1. The number of nitrogens with zero attached hydrogens (tertiary/aromatic N) is 1. The number of fused-ring (bicyclic) bond motifs is 1. The van der Waals surface area contributed by atoms with Gasteiger partial charge in [-0.25, -0.2) is 0 Å². The highest BCUT2D eigenvalue weighted by atomic mass is 16.5. The summed E-state index contributed by atoms with van der Waals surface area (Å²) in [7, 11) is 4.62. The Bertz CT molecular complexity index is 1030. The molecule has 2 aliphatic heterocycles. The fourth-order valence-corrected chi connectivity index (χ4v) is 4.23. The molecule has 0 spiro atoms. The Morgan fingerprint density at radius 3 is 2.29 bits per heavy atom. The molecular weight excluding hydrogens is 398 g/mol. The fraction of sp³-hybridized carbons (Fsp3) is 0.375. The van der Waals surface area contributed by atoms with Gasteiger partial charge >= 0.3 is 0 Å². The number of Topliss-reactive ketones (excluding diaryl/α,β-unsaturated/α-hetero) is 1. The Labute approximate surface area is 181 Å². The van der Waals surface area contributed by atoms with Crippen LogP contribution in [-0.4, -0.2) is 50.2 Å². The summed E-state index contributed by atoms with van der Waals surface area (Å²) in [4.78, 5) is 15.4. The van der Waals surface area contributed by atoms with Crippen LogP contribution < -0.4 is 18.9 Å². The van der Waals surface area contributed by atoms with Gasteiger partial charge in [-0.15, -0.1) is 0 Å². The summed E-state index contributed by atoms with van der Waals surface area (Å²) in [6, 6.07) is 5.15. The third-order valence-corrected chi connectivity index (χ3v) is 5.79. The predicted molar refractivity (Wildman–Crippen MR) is 116 cm³/mol. The molecule has 2 aliphatic rings. The Morgan fingerprint density at radius 2 is 1.71 bits per heavy atom. The number of allylic oxidation sites excluding steroid dienone is 1. The fourth-order valence-electron chi connectivity index (χ4n) is 4.23. The highest BCUT2D eigenvalue weighted by molar-refractivity contribution is 6.16. The Balaban J connectivity index is 1.74. The Morgan fingerprint density at radius 1 is 1.06 bits per heavy atom. The zero-order valence-electron chi connectivity index (χ0n) is 18.3. The Kier molecular flexibility index (Phi) is 5.78. The first-order chi connectivity index (χ1) is 15.0. The summed E-state index contributed by atoms with van der Waals surface area (Å²) in [5.74, 6) is 2.05. The van der Waals surface area contributed by atoms with Gasteiger partial charge in [0.2, 0.25) is 11.5 Å². The number of rotatable bonds is 6. The number of ether oxygens (including phenoxy) is 4. The largest absolute Gasteiger partial charge is 0.507 e. The highest BCUT2D eigenvalue weighted by Crippen LogP contribution is 2.43. The van der Waals surface area contributed by atoms with E-state index < -0.39 is 0 Å². The second kappa shape index (κ2) is 8.51. The van der Waals surface area contributed by atoms with Crippen LogP contribution in [0.2, 0.25) is 0 Å². The predicted octanol–water partition coefficient (Wildman–Crippen LogP) is 3.94. The van der Waals surface area contributed by atoms with E-state index in [0.717, 1.165) is 25.9 Å². The molecule has 1 saturated heterocycles. The minimum Gasteiger partial charge on any atom is -0.507 e. The van der Waals surface area contributed by atoms with Crippen molar-refractivity contribution in [1.29, 1.82) is 0 Å². The SMILES string of the molecule is COc1cc(/C=C2\Oc3c(CN4CCCC4)c(O)cc(C)c3C2=O)cc(OC)c1OC. The molecule has 31 heavy (non-hydrogen) atoms. The lowest BCUT2D eigenvalue weighted by atomic mass is 9.99. The number of carbonyl (C=O) groups is 1. The number of methoxy groups -OCH3 is 3. The van der Waals surface area contributed by atoms with Gasteiger partial charge in [-0.3, -0.25) is 9.69 Å². The van der Waals surface area contributed by atoms with E-state index in [1.54, 1.807) is 24.3 Å². The van der Waals surface area contributed by atoms with Crippen LogP contribution in [0.1, 0.15) is 39.9 Å². The van der Waals surface area contributed by atoms with Gasteiger partial charge in [-0.2, -0.15) is 0 Å². The molecule has 4 rings (SSSR count). The number of likely N-dealkylation sites (tertiary alicyclic amines) is 1. The number of aryl methyl sites for hydroxylation is 1. The Hall–Kier alpha value is -3.19. The number of phenols is 1. The number of ketones is 1.